The van der Waals surface area contributed by atoms with Crippen molar-refractivity contribution in [2.75, 3.05) is 6.54 Å². The van der Waals surface area contributed by atoms with Crippen LogP contribution in [0.15, 0.2) is 0 Å². The van der Waals surface area contributed by atoms with E-state index in [1.165, 1.54) is 32.1 Å². The molecule has 1 unspecified atom stereocenters. The molecule has 1 heteroatoms. The summed E-state index contributed by atoms with van der Waals surface area (Å²) < 4.78 is 0. The summed E-state index contributed by atoms with van der Waals surface area (Å²) in [5.74, 6) is 1.61. The molecule has 1 nitrogen and oxygen atoms in total. The minimum absolute atomic E-state index is 0.458. The first-order valence-electron chi connectivity index (χ1n) is 6.65. The van der Waals surface area contributed by atoms with Gasteiger partial charge in [-0.25, -0.2) is 0 Å². The van der Waals surface area contributed by atoms with Gasteiger partial charge in [-0.3, -0.25) is 0 Å². The quantitative estimate of drug-likeness (QED) is 0.673. The Hall–Kier alpha value is -0.0400. The third-order valence-corrected chi connectivity index (χ3v) is 3.67. The maximum absolute atomic E-state index is 5.80. The molecular formula is C14H31N. The average molecular weight is 213 g/mol. The summed E-state index contributed by atoms with van der Waals surface area (Å²) in [5.41, 5.74) is 6.25. The molecule has 2 atom stereocenters. The van der Waals surface area contributed by atoms with E-state index in [4.69, 9.17) is 5.73 Å². The highest BCUT2D eigenvalue weighted by atomic mass is 14.5. The Kier molecular flexibility index (Phi) is 7.25. The van der Waals surface area contributed by atoms with Crippen LogP contribution in [0.1, 0.15) is 66.7 Å². The van der Waals surface area contributed by atoms with E-state index in [0.29, 0.717) is 5.41 Å². The molecule has 0 spiro atoms. The molecule has 92 valence electrons. The lowest BCUT2D eigenvalue weighted by Crippen LogP contribution is -2.22. The number of hydrogen-bond acceptors (Lipinski definition) is 1. The van der Waals surface area contributed by atoms with Gasteiger partial charge in [0.15, 0.2) is 0 Å². The Labute approximate surface area is 96.8 Å². The Morgan fingerprint density at radius 1 is 1.00 bits per heavy atom. The molecule has 0 rings (SSSR count). The molecule has 0 saturated heterocycles. The minimum Gasteiger partial charge on any atom is -0.330 e. The lowest BCUT2D eigenvalue weighted by atomic mass is 9.75. The first-order valence-corrected chi connectivity index (χ1v) is 6.65. The fourth-order valence-electron chi connectivity index (χ4n) is 2.47. The highest BCUT2D eigenvalue weighted by molar-refractivity contribution is 4.74. The normalized spacial score (nSPS) is 16.4. The second-order valence-electron chi connectivity index (χ2n) is 5.94. The van der Waals surface area contributed by atoms with Crippen LogP contribution >= 0.6 is 0 Å². The van der Waals surface area contributed by atoms with E-state index in [1.807, 2.05) is 0 Å². The number of nitrogens with two attached hydrogens (primary N) is 1. The van der Waals surface area contributed by atoms with Gasteiger partial charge in [0.2, 0.25) is 0 Å². The van der Waals surface area contributed by atoms with E-state index in [1.54, 1.807) is 0 Å². The van der Waals surface area contributed by atoms with Gasteiger partial charge in [-0.15, -0.1) is 0 Å². The van der Waals surface area contributed by atoms with E-state index in [-0.39, 0.29) is 0 Å². The summed E-state index contributed by atoms with van der Waals surface area (Å²) in [6.45, 7) is 12.5. The molecule has 0 radical (unpaired) electrons. The lowest BCUT2D eigenvalue weighted by Gasteiger charge is -2.31. The number of hydrogen-bond donors (Lipinski definition) is 1. The molecule has 0 aliphatic heterocycles. The Morgan fingerprint density at radius 3 is 1.93 bits per heavy atom. The van der Waals surface area contributed by atoms with Crippen molar-refractivity contribution in [3.05, 3.63) is 0 Å². The van der Waals surface area contributed by atoms with Crippen molar-refractivity contribution in [1.82, 2.24) is 0 Å². The van der Waals surface area contributed by atoms with E-state index in [9.17, 15) is 0 Å². The van der Waals surface area contributed by atoms with Crippen LogP contribution in [0.3, 0.4) is 0 Å². The molecule has 0 aromatic heterocycles. The van der Waals surface area contributed by atoms with Crippen molar-refractivity contribution in [1.29, 1.82) is 0 Å². The molecule has 0 heterocycles. The molecule has 0 bridgehead atoms. The van der Waals surface area contributed by atoms with E-state index >= 15 is 0 Å². The van der Waals surface area contributed by atoms with Gasteiger partial charge in [0, 0.05) is 0 Å². The first kappa shape index (κ1) is 15.0. The summed E-state index contributed by atoms with van der Waals surface area (Å²) in [6, 6.07) is 0. The third kappa shape index (κ3) is 6.19. The maximum atomic E-state index is 5.80. The zero-order chi connectivity index (χ0) is 11.9. The fourth-order valence-corrected chi connectivity index (χ4v) is 2.47. The van der Waals surface area contributed by atoms with Gasteiger partial charge < -0.3 is 5.73 Å². The van der Waals surface area contributed by atoms with E-state index in [0.717, 1.165) is 18.4 Å². The zero-order valence-electron chi connectivity index (χ0n) is 11.5. The number of rotatable bonds is 7. The predicted molar refractivity (Wildman–Crippen MR) is 69.9 cm³/mol. The molecule has 0 aromatic carbocycles. The Balaban J connectivity index is 3.98. The summed E-state index contributed by atoms with van der Waals surface area (Å²) in [5, 5.41) is 0. The molecule has 0 aliphatic carbocycles. The Bertz CT molecular complexity index is 146. The summed E-state index contributed by atoms with van der Waals surface area (Å²) in [6.07, 6.45) is 6.54. The molecular weight excluding hydrogens is 182 g/mol. The molecule has 15 heavy (non-hydrogen) atoms. The van der Waals surface area contributed by atoms with E-state index < -0.39 is 0 Å². The summed E-state index contributed by atoms with van der Waals surface area (Å²) >= 11 is 0. The smallest absolute Gasteiger partial charge is 0.00489 e. The van der Waals surface area contributed by atoms with Crippen molar-refractivity contribution >= 4 is 0 Å². The molecule has 2 N–H and O–H groups in total. The fraction of sp³-hybridized carbons (Fsp3) is 1.00. The van der Waals surface area contributed by atoms with Crippen molar-refractivity contribution in [3.8, 4) is 0 Å². The van der Waals surface area contributed by atoms with Gasteiger partial charge in [-0.2, -0.15) is 0 Å². The zero-order valence-corrected chi connectivity index (χ0v) is 11.5. The van der Waals surface area contributed by atoms with Crippen molar-refractivity contribution < 1.29 is 0 Å². The Morgan fingerprint density at radius 2 is 1.60 bits per heavy atom. The highest BCUT2D eigenvalue weighted by Gasteiger charge is 2.23. The molecule has 0 amide bonds. The van der Waals surface area contributed by atoms with Gasteiger partial charge in [0.1, 0.15) is 0 Å². The molecule has 0 fully saturated rings. The van der Waals surface area contributed by atoms with Crippen molar-refractivity contribution in [3.63, 3.8) is 0 Å². The first-order chi connectivity index (χ1) is 6.95. The SMILES string of the molecule is CCC[C@@H](CN)CCC(CC)C(C)(C)C. The standard InChI is InChI=1S/C14H31N/c1-6-8-12(11-15)9-10-13(7-2)14(3,4)5/h12-13H,6-11,15H2,1-5H3/t12-,13?/m1/s1. The van der Waals surface area contributed by atoms with Crippen LogP contribution in [-0.4, -0.2) is 6.54 Å². The largest absolute Gasteiger partial charge is 0.330 e. The van der Waals surface area contributed by atoms with Crippen LogP contribution in [0, 0.1) is 17.3 Å². The lowest BCUT2D eigenvalue weighted by molar-refractivity contribution is 0.203. The molecule has 0 aromatic rings. The third-order valence-electron chi connectivity index (χ3n) is 3.67. The average Bonchev–Trinajstić information content (AvgIpc) is 2.15. The van der Waals surface area contributed by atoms with Crippen LogP contribution in [0.25, 0.3) is 0 Å². The molecule has 0 aliphatic rings. The summed E-state index contributed by atoms with van der Waals surface area (Å²) in [7, 11) is 0. The highest BCUT2D eigenvalue weighted by Crippen LogP contribution is 2.33. The van der Waals surface area contributed by atoms with Crippen molar-refractivity contribution in [2.24, 2.45) is 23.0 Å². The topological polar surface area (TPSA) is 26.0 Å². The molecule has 0 saturated carbocycles. The minimum atomic E-state index is 0.458. The van der Waals surface area contributed by atoms with E-state index in [2.05, 4.69) is 34.6 Å². The van der Waals surface area contributed by atoms with Crippen molar-refractivity contribution in [2.45, 2.75) is 66.7 Å². The van der Waals surface area contributed by atoms with Gasteiger partial charge in [-0.1, -0.05) is 47.5 Å². The van der Waals surface area contributed by atoms with Crippen LogP contribution in [0.4, 0.5) is 0 Å². The van der Waals surface area contributed by atoms with Crippen LogP contribution < -0.4 is 5.73 Å². The van der Waals surface area contributed by atoms with Crippen LogP contribution in [0.2, 0.25) is 0 Å². The predicted octanol–water partition coefficient (Wildman–Crippen LogP) is 4.21. The van der Waals surface area contributed by atoms with Gasteiger partial charge in [-0.05, 0) is 43.1 Å². The van der Waals surface area contributed by atoms with Gasteiger partial charge in [0.05, 0.1) is 0 Å². The maximum Gasteiger partial charge on any atom is -0.00489 e. The monoisotopic (exact) mass is 213 g/mol. The summed E-state index contributed by atoms with van der Waals surface area (Å²) in [4.78, 5) is 0. The van der Waals surface area contributed by atoms with Crippen LogP contribution in [0.5, 0.6) is 0 Å². The van der Waals surface area contributed by atoms with Crippen LogP contribution in [-0.2, 0) is 0 Å². The van der Waals surface area contributed by atoms with Gasteiger partial charge in [0.25, 0.3) is 0 Å². The van der Waals surface area contributed by atoms with Gasteiger partial charge >= 0.3 is 0 Å². The second kappa shape index (κ2) is 7.27. The second-order valence-corrected chi connectivity index (χ2v) is 5.94.